The zero-order chi connectivity index (χ0) is 15.4. The third kappa shape index (κ3) is 3.85. The average Bonchev–Trinajstić information content (AvgIpc) is 2.46. The van der Waals surface area contributed by atoms with Crippen molar-refractivity contribution in [3.63, 3.8) is 0 Å². The lowest BCUT2D eigenvalue weighted by Crippen LogP contribution is -2.12. The molecule has 0 saturated carbocycles. The van der Waals surface area contributed by atoms with Crippen molar-refractivity contribution in [1.29, 1.82) is 0 Å². The molecule has 0 amide bonds. The first kappa shape index (κ1) is 15.6. The topological polar surface area (TPSA) is 75.4 Å². The van der Waals surface area contributed by atoms with Gasteiger partial charge in [0.1, 0.15) is 0 Å². The van der Waals surface area contributed by atoms with E-state index in [1.807, 2.05) is 0 Å². The number of benzene rings is 2. The van der Waals surface area contributed by atoms with Crippen molar-refractivity contribution < 1.29 is 10.0 Å². The zero-order valence-electron chi connectivity index (χ0n) is 10.8. The summed E-state index contributed by atoms with van der Waals surface area (Å²) in [6.45, 7) is 0.182. The molecule has 1 unspecified atom stereocenters. The molecule has 0 fully saturated rings. The SMILES string of the molecule is O=[N+]([O-])c1ccc(C(O)CNc2c(Cl)cccc2Cl)cc1. The number of aliphatic hydroxyl groups excluding tert-OH is 1. The van der Waals surface area contributed by atoms with Crippen LogP contribution in [0.5, 0.6) is 0 Å². The number of rotatable bonds is 5. The number of non-ortho nitro benzene ring substituents is 1. The summed E-state index contributed by atoms with van der Waals surface area (Å²) < 4.78 is 0. The number of hydrogen-bond donors (Lipinski definition) is 2. The van der Waals surface area contributed by atoms with E-state index < -0.39 is 11.0 Å². The molecule has 0 heterocycles. The fraction of sp³-hybridized carbons (Fsp3) is 0.143. The third-order valence-corrected chi connectivity index (χ3v) is 3.55. The van der Waals surface area contributed by atoms with Gasteiger partial charge in [0.15, 0.2) is 0 Å². The molecule has 0 aliphatic heterocycles. The molecule has 0 saturated heterocycles. The third-order valence-electron chi connectivity index (χ3n) is 2.92. The largest absolute Gasteiger partial charge is 0.387 e. The predicted molar refractivity (Wildman–Crippen MR) is 83.0 cm³/mol. The van der Waals surface area contributed by atoms with Gasteiger partial charge < -0.3 is 10.4 Å². The van der Waals surface area contributed by atoms with E-state index in [4.69, 9.17) is 23.2 Å². The number of halogens is 2. The number of aliphatic hydroxyl groups is 1. The number of nitrogens with zero attached hydrogens (tertiary/aromatic N) is 1. The van der Waals surface area contributed by atoms with E-state index in [0.717, 1.165) is 0 Å². The minimum absolute atomic E-state index is 0.0203. The van der Waals surface area contributed by atoms with Crippen LogP contribution < -0.4 is 5.32 Å². The Hall–Kier alpha value is -1.82. The van der Waals surface area contributed by atoms with Crippen LogP contribution in [0.15, 0.2) is 42.5 Å². The van der Waals surface area contributed by atoms with Gasteiger partial charge in [-0.1, -0.05) is 29.3 Å². The van der Waals surface area contributed by atoms with Crippen molar-refractivity contribution in [2.45, 2.75) is 6.10 Å². The Morgan fingerprint density at radius 1 is 1.14 bits per heavy atom. The van der Waals surface area contributed by atoms with Gasteiger partial charge >= 0.3 is 0 Å². The van der Waals surface area contributed by atoms with Gasteiger partial charge in [-0.25, -0.2) is 0 Å². The molecule has 2 aromatic rings. The summed E-state index contributed by atoms with van der Waals surface area (Å²) in [5.41, 5.74) is 1.09. The number of hydrogen-bond acceptors (Lipinski definition) is 4. The molecule has 7 heteroatoms. The molecule has 2 rings (SSSR count). The molecule has 0 aromatic heterocycles. The van der Waals surface area contributed by atoms with Crippen LogP contribution in [-0.4, -0.2) is 16.6 Å². The maximum Gasteiger partial charge on any atom is 0.269 e. The standard InChI is InChI=1S/C14H12Cl2N2O3/c15-11-2-1-3-12(16)14(11)17-8-13(19)9-4-6-10(7-5-9)18(20)21/h1-7,13,17,19H,8H2. The molecular formula is C14H12Cl2N2O3. The molecule has 2 N–H and O–H groups in total. The van der Waals surface area contributed by atoms with E-state index in [0.29, 0.717) is 21.3 Å². The van der Waals surface area contributed by atoms with E-state index in [-0.39, 0.29) is 12.2 Å². The van der Waals surface area contributed by atoms with Crippen molar-refractivity contribution in [2.24, 2.45) is 0 Å². The lowest BCUT2D eigenvalue weighted by atomic mass is 10.1. The Morgan fingerprint density at radius 3 is 2.24 bits per heavy atom. The van der Waals surface area contributed by atoms with Crippen molar-refractivity contribution in [2.75, 3.05) is 11.9 Å². The summed E-state index contributed by atoms with van der Waals surface area (Å²) in [5.74, 6) is 0. The van der Waals surface area contributed by atoms with Crippen LogP contribution in [0.3, 0.4) is 0 Å². The molecule has 0 spiro atoms. The van der Waals surface area contributed by atoms with Crippen LogP contribution in [0.2, 0.25) is 10.0 Å². The summed E-state index contributed by atoms with van der Waals surface area (Å²) in [6.07, 6.45) is -0.835. The van der Waals surface area contributed by atoms with Gasteiger partial charge in [-0.05, 0) is 29.8 Å². The predicted octanol–water partition coefficient (Wildman–Crippen LogP) is 4.05. The molecular weight excluding hydrogens is 315 g/mol. The van der Waals surface area contributed by atoms with E-state index >= 15 is 0 Å². The minimum atomic E-state index is -0.835. The summed E-state index contributed by atoms with van der Waals surface area (Å²) >= 11 is 12.0. The number of para-hydroxylation sites is 1. The number of anilines is 1. The van der Waals surface area contributed by atoms with Crippen molar-refractivity contribution >= 4 is 34.6 Å². The highest BCUT2D eigenvalue weighted by Crippen LogP contribution is 2.30. The highest BCUT2D eigenvalue weighted by atomic mass is 35.5. The Balaban J connectivity index is 2.04. The Kier molecular flexibility index (Phi) is 5.01. The van der Waals surface area contributed by atoms with Gasteiger partial charge in [-0.15, -0.1) is 0 Å². The molecule has 0 aliphatic rings. The van der Waals surface area contributed by atoms with Gasteiger partial charge in [0.05, 0.1) is 26.8 Å². The quantitative estimate of drug-likeness (QED) is 0.642. The fourth-order valence-corrected chi connectivity index (χ4v) is 2.33. The molecule has 0 radical (unpaired) electrons. The van der Waals surface area contributed by atoms with Crippen LogP contribution in [-0.2, 0) is 0 Å². The normalized spacial score (nSPS) is 12.0. The van der Waals surface area contributed by atoms with Crippen molar-refractivity contribution in [1.82, 2.24) is 0 Å². The smallest absolute Gasteiger partial charge is 0.269 e. The van der Waals surface area contributed by atoms with Crippen molar-refractivity contribution in [3.05, 3.63) is 68.2 Å². The summed E-state index contributed by atoms with van der Waals surface area (Å²) in [5, 5.41) is 24.5. The van der Waals surface area contributed by atoms with Crippen LogP contribution >= 0.6 is 23.2 Å². The fourth-order valence-electron chi connectivity index (χ4n) is 1.80. The van der Waals surface area contributed by atoms with Gasteiger partial charge in [0.25, 0.3) is 5.69 Å². The van der Waals surface area contributed by atoms with Crippen LogP contribution in [0, 0.1) is 10.1 Å². The molecule has 0 aliphatic carbocycles. The van der Waals surface area contributed by atoms with Crippen LogP contribution in [0.25, 0.3) is 0 Å². The summed E-state index contributed by atoms with van der Waals surface area (Å²) in [6, 6.07) is 10.8. The number of nitro benzene ring substituents is 1. The maximum atomic E-state index is 10.6. The van der Waals surface area contributed by atoms with Crippen LogP contribution in [0.4, 0.5) is 11.4 Å². The lowest BCUT2D eigenvalue weighted by molar-refractivity contribution is -0.384. The Morgan fingerprint density at radius 2 is 1.71 bits per heavy atom. The second-order valence-electron chi connectivity index (χ2n) is 4.34. The van der Waals surface area contributed by atoms with E-state index in [9.17, 15) is 15.2 Å². The molecule has 21 heavy (non-hydrogen) atoms. The molecule has 2 aromatic carbocycles. The van der Waals surface area contributed by atoms with E-state index in [1.54, 1.807) is 18.2 Å². The van der Waals surface area contributed by atoms with E-state index in [1.165, 1.54) is 24.3 Å². The number of nitrogens with one attached hydrogen (secondary N) is 1. The summed E-state index contributed by atoms with van der Waals surface area (Å²) in [7, 11) is 0. The number of nitro groups is 1. The first-order valence-corrected chi connectivity index (χ1v) is 6.85. The van der Waals surface area contributed by atoms with Gasteiger partial charge in [0, 0.05) is 18.7 Å². The van der Waals surface area contributed by atoms with Gasteiger partial charge in [0.2, 0.25) is 0 Å². The van der Waals surface area contributed by atoms with Crippen molar-refractivity contribution in [3.8, 4) is 0 Å². The van der Waals surface area contributed by atoms with Gasteiger partial charge in [-0.3, -0.25) is 10.1 Å². The monoisotopic (exact) mass is 326 g/mol. The first-order valence-electron chi connectivity index (χ1n) is 6.09. The molecule has 0 bridgehead atoms. The van der Waals surface area contributed by atoms with Gasteiger partial charge in [-0.2, -0.15) is 0 Å². The van der Waals surface area contributed by atoms with Crippen LogP contribution in [0.1, 0.15) is 11.7 Å². The summed E-state index contributed by atoms with van der Waals surface area (Å²) in [4.78, 5) is 10.1. The second-order valence-corrected chi connectivity index (χ2v) is 5.16. The highest BCUT2D eigenvalue weighted by molar-refractivity contribution is 6.39. The first-order chi connectivity index (χ1) is 9.99. The zero-order valence-corrected chi connectivity index (χ0v) is 12.3. The van der Waals surface area contributed by atoms with E-state index in [2.05, 4.69) is 5.32 Å². The molecule has 5 nitrogen and oxygen atoms in total. The minimum Gasteiger partial charge on any atom is -0.387 e. The Labute approximate surface area is 131 Å². The second kappa shape index (κ2) is 6.76. The highest BCUT2D eigenvalue weighted by Gasteiger charge is 2.12. The maximum absolute atomic E-state index is 10.6. The Bertz CT molecular complexity index is 627. The molecule has 1 atom stereocenters. The lowest BCUT2D eigenvalue weighted by Gasteiger charge is -2.15. The molecule has 110 valence electrons. The average molecular weight is 327 g/mol.